The summed E-state index contributed by atoms with van der Waals surface area (Å²) in [6.45, 7) is 3.49. The van der Waals surface area contributed by atoms with Crippen molar-refractivity contribution in [3.05, 3.63) is 34.3 Å². The Bertz CT molecular complexity index is 378. The first-order valence-corrected chi connectivity index (χ1v) is 6.47. The molecule has 1 unspecified atom stereocenters. The highest BCUT2D eigenvalue weighted by atomic mass is 35.5. The fraction of sp³-hybridized carbons (Fsp3) is 0.538. The van der Waals surface area contributed by atoms with E-state index in [4.69, 9.17) is 17.3 Å². The Morgan fingerprint density at radius 1 is 1.35 bits per heavy atom. The lowest BCUT2D eigenvalue weighted by Gasteiger charge is -2.16. The van der Waals surface area contributed by atoms with Gasteiger partial charge in [0.25, 0.3) is 0 Å². The van der Waals surface area contributed by atoms with Crippen molar-refractivity contribution in [3.8, 4) is 0 Å². The summed E-state index contributed by atoms with van der Waals surface area (Å²) in [6, 6.07) is 5.85. The van der Waals surface area contributed by atoms with Gasteiger partial charge in [0.1, 0.15) is 0 Å². The summed E-state index contributed by atoms with van der Waals surface area (Å²) in [5.41, 5.74) is 7.35. The van der Waals surface area contributed by atoms with Crippen LogP contribution in [0.1, 0.15) is 30.1 Å². The Morgan fingerprint density at radius 3 is 2.65 bits per heavy atom. The van der Waals surface area contributed by atoms with Gasteiger partial charge in [0.15, 0.2) is 0 Å². The molecule has 0 aliphatic carbocycles. The molecule has 0 aromatic heterocycles. The van der Waals surface area contributed by atoms with Crippen LogP contribution in [0, 0.1) is 0 Å². The van der Waals surface area contributed by atoms with E-state index in [0.29, 0.717) is 5.02 Å². The summed E-state index contributed by atoms with van der Waals surface area (Å²) in [5.74, 6) is 0. The summed E-state index contributed by atoms with van der Waals surface area (Å²) in [6.07, 6.45) is 1.92. The van der Waals surface area contributed by atoms with Crippen LogP contribution in [-0.2, 0) is 6.54 Å². The van der Waals surface area contributed by atoms with Gasteiger partial charge in [-0.1, -0.05) is 23.7 Å². The standard InChI is InChI=1S/C13H19ClN2O/c14-12-7-10(9-16-5-1-2-6-16)3-4-11(12)13(17)8-15/h3-4,7,13,17H,1-2,5-6,8-9,15H2. The van der Waals surface area contributed by atoms with Crippen LogP contribution in [0.3, 0.4) is 0 Å². The first-order valence-electron chi connectivity index (χ1n) is 6.09. The molecule has 1 aromatic rings. The zero-order valence-corrected chi connectivity index (χ0v) is 10.7. The molecule has 1 aliphatic heterocycles. The van der Waals surface area contributed by atoms with Gasteiger partial charge in [0.05, 0.1) is 6.10 Å². The van der Waals surface area contributed by atoms with E-state index in [0.717, 1.165) is 12.1 Å². The number of hydrogen-bond acceptors (Lipinski definition) is 3. The number of nitrogens with two attached hydrogens (primary N) is 1. The van der Waals surface area contributed by atoms with E-state index >= 15 is 0 Å². The third-order valence-corrected chi connectivity index (χ3v) is 3.58. The molecule has 17 heavy (non-hydrogen) atoms. The van der Waals surface area contributed by atoms with Crippen molar-refractivity contribution in [2.45, 2.75) is 25.5 Å². The van der Waals surface area contributed by atoms with Crippen LogP contribution in [0.2, 0.25) is 5.02 Å². The second-order valence-electron chi connectivity index (χ2n) is 4.59. The minimum atomic E-state index is -0.664. The van der Waals surface area contributed by atoms with Crippen LogP contribution in [0.15, 0.2) is 18.2 Å². The molecule has 0 spiro atoms. The fourth-order valence-corrected chi connectivity index (χ4v) is 2.59. The summed E-state index contributed by atoms with van der Waals surface area (Å²) in [5, 5.41) is 10.3. The molecule has 94 valence electrons. The number of hydrogen-bond donors (Lipinski definition) is 2. The molecule has 0 saturated carbocycles. The van der Waals surface area contributed by atoms with Crippen molar-refractivity contribution >= 4 is 11.6 Å². The van der Waals surface area contributed by atoms with Gasteiger partial charge >= 0.3 is 0 Å². The number of halogens is 1. The first-order chi connectivity index (χ1) is 8.20. The predicted molar refractivity (Wildman–Crippen MR) is 70.0 cm³/mol. The van der Waals surface area contributed by atoms with Crippen molar-refractivity contribution < 1.29 is 5.11 Å². The highest BCUT2D eigenvalue weighted by molar-refractivity contribution is 6.31. The lowest BCUT2D eigenvalue weighted by molar-refractivity contribution is 0.187. The van der Waals surface area contributed by atoms with E-state index in [9.17, 15) is 5.11 Å². The van der Waals surface area contributed by atoms with Crippen molar-refractivity contribution in [1.29, 1.82) is 0 Å². The zero-order chi connectivity index (χ0) is 12.3. The zero-order valence-electron chi connectivity index (χ0n) is 9.90. The minimum absolute atomic E-state index is 0.200. The molecule has 3 N–H and O–H groups in total. The Labute approximate surface area is 107 Å². The molecule has 0 radical (unpaired) electrons. The van der Waals surface area contributed by atoms with Crippen LogP contribution in [0.25, 0.3) is 0 Å². The van der Waals surface area contributed by atoms with Crippen molar-refractivity contribution in [2.24, 2.45) is 5.73 Å². The number of nitrogens with zero attached hydrogens (tertiary/aromatic N) is 1. The summed E-state index contributed by atoms with van der Waals surface area (Å²) in [4.78, 5) is 2.42. The lowest BCUT2D eigenvalue weighted by atomic mass is 10.1. The Morgan fingerprint density at radius 2 is 2.06 bits per heavy atom. The monoisotopic (exact) mass is 254 g/mol. The van der Waals surface area contributed by atoms with E-state index in [1.165, 1.54) is 31.5 Å². The largest absolute Gasteiger partial charge is 0.387 e. The van der Waals surface area contributed by atoms with Crippen molar-refractivity contribution in [1.82, 2.24) is 4.90 Å². The number of benzene rings is 1. The van der Waals surface area contributed by atoms with E-state index in [2.05, 4.69) is 4.90 Å². The molecular formula is C13H19ClN2O. The molecule has 2 rings (SSSR count). The molecule has 1 heterocycles. The predicted octanol–water partition coefficient (Wildman–Crippen LogP) is 1.93. The van der Waals surface area contributed by atoms with Gasteiger partial charge in [-0.15, -0.1) is 0 Å². The molecule has 1 aromatic carbocycles. The average Bonchev–Trinajstić information content (AvgIpc) is 2.81. The highest BCUT2D eigenvalue weighted by Gasteiger charge is 2.14. The van der Waals surface area contributed by atoms with Gasteiger partial charge in [-0.3, -0.25) is 4.90 Å². The van der Waals surface area contributed by atoms with Gasteiger partial charge in [-0.05, 0) is 37.6 Å². The molecule has 0 amide bonds. The second kappa shape index (κ2) is 5.83. The molecule has 0 bridgehead atoms. The molecule has 4 heteroatoms. The summed E-state index contributed by atoms with van der Waals surface area (Å²) < 4.78 is 0. The second-order valence-corrected chi connectivity index (χ2v) is 5.00. The maximum atomic E-state index is 9.67. The van der Waals surface area contributed by atoms with Gasteiger partial charge < -0.3 is 10.8 Å². The van der Waals surface area contributed by atoms with Crippen LogP contribution in [0.4, 0.5) is 0 Å². The fourth-order valence-electron chi connectivity index (χ4n) is 2.27. The number of rotatable bonds is 4. The maximum Gasteiger partial charge on any atom is 0.0926 e. The van der Waals surface area contributed by atoms with E-state index < -0.39 is 6.10 Å². The molecule has 3 nitrogen and oxygen atoms in total. The molecule has 1 saturated heterocycles. The van der Waals surface area contributed by atoms with Gasteiger partial charge in [0, 0.05) is 23.7 Å². The highest BCUT2D eigenvalue weighted by Crippen LogP contribution is 2.24. The Hall–Kier alpha value is -0.610. The van der Waals surface area contributed by atoms with Crippen LogP contribution < -0.4 is 5.73 Å². The number of aliphatic hydroxyl groups is 1. The topological polar surface area (TPSA) is 49.5 Å². The lowest BCUT2D eigenvalue weighted by Crippen LogP contribution is -2.18. The van der Waals surface area contributed by atoms with E-state index in [1.54, 1.807) is 0 Å². The molecule has 1 fully saturated rings. The molecular weight excluding hydrogens is 236 g/mol. The summed E-state index contributed by atoms with van der Waals surface area (Å²) in [7, 11) is 0. The smallest absolute Gasteiger partial charge is 0.0926 e. The number of likely N-dealkylation sites (tertiary alicyclic amines) is 1. The molecule has 1 atom stereocenters. The van der Waals surface area contributed by atoms with E-state index in [1.807, 2.05) is 18.2 Å². The third kappa shape index (κ3) is 3.19. The SMILES string of the molecule is NCC(O)c1ccc(CN2CCCC2)cc1Cl. The van der Waals surface area contributed by atoms with Crippen molar-refractivity contribution in [3.63, 3.8) is 0 Å². The van der Waals surface area contributed by atoms with Gasteiger partial charge in [-0.2, -0.15) is 0 Å². The molecule has 1 aliphatic rings. The van der Waals surface area contributed by atoms with Crippen LogP contribution >= 0.6 is 11.6 Å². The Balaban J connectivity index is 2.07. The average molecular weight is 255 g/mol. The quantitative estimate of drug-likeness (QED) is 0.863. The number of aliphatic hydroxyl groups excluding tert-OH is 1. The van der Waals surface area contributed by atoms with Gasteiger partial charge in [0.2, 0.25) is 0 Å². The van der Waals surface area contributed by atoms with Crippen LogP contribution in [-0.4, -0.2) is 29.6 Å². The first kappa shape index (κ1) is 12.8. The summed E-state index contributed by atoms with van der Waals surface area (Å²) >= 11 is 6.15. The van der Waals surface area contributed by atoms with Gasteiger partial charge in [-0.25, -0.2) is 0 Å². The minimum Gasteiger partial charge on any atom is -0.387 e. The van der Waals surface area contributed by atoms with Crippen LogP contribution in [0.5, 0.6) is 0 Å². The maximum absolute atomic E-state index is 9.67. The normalized spacial score (nSPS) is 18.5. The third-order valence-electron chi connectivity index (χ3n) is 3.25. The van der Waals surface area contributed by atoms with E-state index in [-0.39, 0.29) is 6.54 Å². The van der Waals surface area contributed by atoms with Crippen molar-refractivity contribution in [2.75, 3.05) is 19.6 Å². The Kier molecular flexibility index (Phi) is 4.40.